The first-order chi connectivity index (χ1) is 11.1. The van der Waals surface area contributed by atoms with Crippen LogP contribution < -0.4 is 11.1 Å². The first-order valence-electron chi connectivity index (χ1n) is 7.52. The molecule has 0 saturated heterocycles. The second-order valence-electron chi connectivity index (χ2n) is 5.55. The number of nitrogens with one attached hydrogen (secondary N) is 1. The number of nitrogens with two attached hydrogens (primary N) is 1. The van der Waals surface area contributed by atoms with Crippen LogP contribution in [0.4, 0.5) is 5.69 Å². The summed E-state index contributed by atoms with van der Waals surface area (Å²) in [6.07, 6.45) is 1.69. The number of hydrogen-bond acceptors (Lipinski definition) is 3. The third kappa shape index (κ3) is 3.74. The number of thioether (sulfide) groups is 1. The van der Waals surface area contributed by atoms with Gasteiger partial charge in [-0.15, -0.1) is 11.8 Å². The molecule has 4 nitrogen and oxygen atoms in total. The molecule has 2 aromatic carbocycles. The molecule has 1 unspecified atom stereocenters. The Morgan fingerprint density at radius 1 is 1.22 bits per heavy atom. The molecule has 0 radical (unpaired) electrons. The summed E-state index contributed by atoms with van der Waals surface area (Å²) in [5.74, 6) is 0.292. The fourth-order valence-electron chi connectivity index (χ4n) is 2.66. The van der Waals surface area contributed by atoms with Crippen LogP contribution in [0, 0.1) is 0 Å². The summed E-state index contributed by atoms with van der Waals surface area (Å²) >= 11 is 1.60. The molecule has 0 bridgehead atoms. The van der Waals surface area contributed by atoms with Crippen molar-refractivity contribution in [2.45, 2.75) is 23.8 Å². The lowest BCUT2D eigenvalue weighted by atomic mass is 10.1. The lowest BCUT2D eigenvalue weighted by Crippen LogP contribution is -2.23. The van der Waals surface area contributed by atoms with E-state index in [4.69, 9.17) is 5.73 Å². The molecule has 1 heterocycles. The average molecular weight is 326 g/mol. The van der Waals surface area contributed by atoms with Crippen LogP contribution >= 0.6 is 11.8 Å². The van der Waals surface area contributed by atoms with Gasteiger partial charge in [0, 0.05) is 17.0 Å². The molecule has 0 saturated carbocycles. The molecule has 1 aliphatic rings. The Hall–Kier alpha value is -2.27. The topological polar surface area (TPSA) is 72.2 Å². The number of para-hydroxylation sites is 1. The number of hydrogen-bond donors (Lipinski definition) is 2. The van der Waals surface area contributed by atoms with Gasteiger partial charge in [0.2, 0.25) is 11.8 Å². The number of fused-ring (bicyclic) bond motifs is 1. The van der Waals surface area contributed by atoms with Gasteiger partial charge in [0.1, 0.15) is 0 Å². The Bertz CT molecular complexity index is 745. The summed E-state index contributed by atoms with van der Waals surface area (Å²) in [6, 6.07) is 15.2. The molecule has 0 spiro atoms. The smallest absolute Gasteiger partial charge is 0.248 e. The van der Waals surface area contributed by atoms with E-state index in [9.17, 15) is 9.59 Å². The molecule has 0 fully saturated rings. The maximum absolute atomic E-state index is 12.4. The van der Waals surface area contributed by atoms with Gasteiger partial charge in [-0.2, -0.15) is 0 Å². The Balaban J connectivity index is 1.66. The fraction of sp³-hybridized carbons (Fsp3) is 0.222. The third-order valence-electron chi connectivity index (χ3n) is 3.91. The summed E-state index contributed by atoms with van der Waals surface area (Å²) < 4.78 is 0. The van der Waals surface area contributed by atoms with Crippen molar-refractivity contribution < 1.29 is 9.59 Å². The van der Waals surface area contributed by atoms with Gasteiger partial charge in [0.15, 0.2) is 0 Å². The van der Waals surface area contributed by atoms with Crippen molar-refractivity contribution in [3.63, 3.8) is 0 Å². The first kappa shape index (κ1) is 15.6. The predicted molar refractivity (Wildman–Crippen MR) is 93.4 cm³/mol. The van der Waals surface area contributed by atoms with E-state index >= 15 is 0 Å². The highest BCUT2D eigenvalue weighted by molar-refractivity contribution is 7.99. The summed E-state index contributed by atoms with van der Waals surface area (Å²) in [6.45, 7) is 0. The zero-order chi connectivity index (χ0) is 16.2. The first-order valence-corrected chi connectivity index (χ1v) is 8.57. The van der Waals surface area contributed by atoms with Crippen molar-refractivity contribution in [1.82, 2.24) is 0 Å². The van der Waals surface area contributed by atoms with Crippen molar-refractivity contribution >= 4 is 29.3 Å². The van der Waals surface area contributed by atoms with E-state index in [0.717, 1.165) is 24.1 Å². The minimum atomic E-state index is -0.431. The SMILES string of the molecule is NC(=O)c1cccc(CSC2CCc3ccccc3NC2=O)c1. The lowest BCUT2D eigenvalue weighted by Gasteiger charge is -2.13. The number of carbonyl (C=O) groups excluding carboxylic acids is 2. The Morgan fingerprint density at radius 3 is 2.87 bits per heavy atom. The van der Waals surface area contributed by atoms with Gasteiger partial charge in [-0.05, 0) is 42.2 Å². The molecule has 0 aromatic heterocycles. The van der Waals surface area contributed by atoms with Crippen LogP contribution in [-0.2, 0) is 17.0 Å². The van der Waals surface area contributed by atoms with E-state index in [1.165, 1.54) is 5.56 Å². The second kappa shape index (κ2) is 6.87. The molecule has 1 atom stereocenters. The number of aryl methyl sites for hydroxylation is 1. The number of carbonyl (C=O) groups is 2. The standard InChI is InChI=1S/C18H18N2O2S/c19-17(21)14-6-3-4-12(10-14)11-23-16-9-8-13-5-1-2-7-15(13)20-18(16)22/h1-7,10,16H,8-9,11H2,(H2,19,21)(H,20,22). The van der Waals surface area contributed by atoms with E-state index < -0.39 is 5.91 Å². The van der Waals surface area contributed by atoms with Gasteiger partial charge in [0.05, 0.1) is 5.25 Å². The van der Waals surface area contributed by atoms with Crippen LogP contribution in [0.3, 0.4) is 0 Å². The number of anilines is 1. The van der Waals surface area contributed by atoms with Crippen molar-refractivity contribution in [2.24, 2.45) is 5.73 Å². The van der Waals surface area contributed by atoms with Crippen LogP contribution in [0.2, 0.25) is 0 Å². The van der Waals surface area contributed by atoms with Crippen LogP contribution in [0.15, 0.2) is 48.5 Å². The Kier molecular flexibility index (Phi) is 4.67. The largest absolute Gasteiger partial charge is 0.366 e. The average Bonchev–Trinajstić information content (AvgIpc) is 2.71. The molecule has 1 aliphatic heterocycles. The molecule has 2 amide bonds. The van der Waals surface area contributed by atoms with E-state index in [2.05, 4.69) is 11.4 Å². The van der Waals surface area contributed by atoms with E-state index in [1.54, 1.807) is 23.9 Å². The maximum atomic E-state index is 12.4. The maximum Gasteiger partial charge on any atom is 0.248 e. The molecule has 5 heteroatoms. The number of rotatable bonds is 4. The molecule has 3 rings (SSSR count). The minimum absolute atomic E-state index is 0.0472. The zero-order valence-corrected chi connectivity index (χ0v) is 13.4. The van der Waals surface area contributed by atoms with Crippen LogP contribution in [0.5, 0.6) is 0 Å². The van der Waals surface area contributed by atoms with E-state index in [-0.39, 0.29) is 11.2 Å². The van der Waals surface area contributed by atoms with Crippen LogP contribution in [0.25, 0.3) is 0 Å². The van der Waals surface area contributed by atoms with Gasteiger partial charge >= 0.3 is 0 Å². The third-order valence-corrected chi connectivity index (χ3v) is 5.26. The van der Waals surface area contributed by atoms with Gasteiger partial charge < -0.3 is 11.1 Å². The minimum Gasteiger partial charge on any atom is -0.366 e. The highest BCUT2D eigenvalue weighted by Crippen LogP contribution is 2.29. The van der Waals surface area contributed by atoms with Gasteiger partial charge in [-0.3, -0.25) is 9.59 Å². The summed E-state index contributed by atoms with van der Waals surface area (Å²) in [5, 5.41) is 2.91. The monoisotopic (exact) mass is 326 g/mol. The molecule has 3 N–H and O–H groups in total. The molecule has 2 aromatic rings. The Morgan fingerprint density at radius 2 is 2.04 bits per heavy atom. The van der Waals surface area contributed by atoms with Crippen molar-refractivity contribution in [3.8, 4) is 0 Å². The van der Waals surface area contributed by atoms with Gasteiger partial charge in [-0.1, -0.05) is 30.3 Å². The Labute approximate surface area is 139 Å². The number of amides is 2. The quantitative estimate of drug-likeness (QED) is 0.907. The van der Waals surface area contributed by atoms with Crippen molar-refractivity contribution in [1.29, 1.82) is 0 Å². The fourth-order valence-corrected chi connectivity index (χ4v) is 3.73. The van der Waals surface area contributed by atoms with Crippen molar-refractivity contribution in [3.05, 3.63) is 65.2 Å². The second-order valence-corrected chi connectivity index (χ2v) is 6.74. The normalized spacial score (nSPS) is 17.0. The highest BCUT2D eigenvalue weighted by Gasteiger charge is 2.23. The highest BCUT2D eigenvalue weighted by atomic mass is 32.2. The van der Waals surface area contributed by atoms with Gasteiger partial charge in [0.25, 0.3) is 0 Å². The summed E-state index contributed by atoms with van der Waals surface area (Å²) in [7, 11) is 0. The summed E-state index contributed by atoms with van der Waals surface area (Å²) in [4.78, 5) is 23.6. The molecule has 23 heavy (non-hydrogen) atoms. The number of benzene rings is 2. The molecule has 118 valence electrons. The predicted octanol–water partition coefficient (Wildman–Crippen LogP) is 2.97. The zero-order valence-electron chi connectivity index (χ0n) is 12.6. The molecular weight excluding hydrogens is 308 g/mol. The van der Waals surface area contributed by atoms with Crippen molar-refractivity contribution in [2.75, 3.05) is 5.32 Å². The molecular formula is C18H18N2O2S. The van der Waals surface area contributed by atoms with Crippen LogP contribution in [0.1, 0.15) is 27.9 Å². The van der Waals surface area contributed by atoms with E-state index in [1.807, 2.05) is 30.3 Å². The summed E-state index contributed by atoms with van der Waals surface area (Å²) in [5.41, 5.74) is 8.90. The lowest BCUT2D eigenvalue weighted by molar-refractivity contribution is -0.115. The van der Waals surface area contributed by atoms with Gasteiger partial charge in [-0.25, -0.2) is 0 Å². The van der Waals surface area contributed by atoms with E-state index in [0.29, 0.717) is 11.3 Å². The van der Waals surface area contributed by atoms with Crippen LogP contribution in [-0.4, -0.2) is 17.1 Å². The number of primary amides is 1. The molecule has 0 aliphatic carbocycles.